The quantitative estimate of drug-likeness (QED) is 0.492. The smallest absolute Gasteiger partial charge is 0.185 e. The fraction of sp³-hybridized carbons (Fsp3) is 0. The van der Waals surface area contributed by atoms with Crippen LogP contribution in [0.15, 0.2) is 72.8 Å². The average Bonchev–Trinajstić information content (AvgIpc) is 2.53. The van der Waals surface area contributed by atoms with E-state index < -0.39 is 0 Å². The highest BCUT2D eigenvalue weighted by atomic mass is 19.1. The van der Waals surface area contributed by atoms with Crippen LogP contribution in [0.2, 0.25) is 0 Å². The molecule has 2 heteroatoms. The summed E-state index contributed by atoms with van der Waals surface area (Å²) >= 11 is 0. The maximum absolute atomic E-state index is 13.5. The molecule has 1 nitrogen and oxygen atoms in total. The maximum atomic E-state index is 13.5. The Kier molecular flexibility index (Phi) is 3.61. The van der Waals surface area contributed by atoms with Crippen LogP contribution in [0.25, 0.3) is 16.8 Å². The first-order valence-electron chi connectivity index (χ1n) is 6.70. The molecule has 3 rings (SSSR count). The van der Waals surface area contributed by atoms with Gasteiger partial charge in [-0.25, -0.2) is 4.39 Å². The number of ketones is 1. The minimum absolute atomic E-state index is 0.135. The van der Waals surface area contributed by atoms with Crippen LogP contribution in [0.1, 0.15) is 15.9 Å². The topological polar surface area (TPSA) is 17.1 Å². The first-order valence-corrected chi connectivity index (χ1v) is 6.70. The molecule has 0 radical (unpaired) electrons. The molecule has 0 fully saturated rings. The highest BCUT2D eigenvalue weighted by molar-refractivity contribution is 6.08. The Morgan fingerprint density at radius 3 is 2.38 bits per heavy atom. The van der Waals surface area contributed by atoms with E-state index in [0.29, 0.717) is 11.1 Å². The summed E-state index contributed by atoms with van der Waals surface area (Å²) in [6.45, 7) is 0. The molecule has 0 aliphatic heterocycles. The lowest BCUT2D eigenvalue weighted by atomic mass is 10.0. The summed E-state index contributed by atoms with van der Waals surface area (Å²) in [6.07, 6.45) is 2.91. The third kappa shape index (κ3) is 2.90. The van der Waals surface area contributed by atoms with E-state index in [1.807, 2.05) is 36.4 Å². The van der Waals surface area contributed by atoms with Crippen molar-refractivity contribution < 1.29 is 9.18 Å². The van der Waals surface area contributed by atoms with Gasteiger partial charge < -0.3 is 0 Å². The number of rotatable bonds is 3. The van der Waals surface area contributed by atoms with Gasteiger partial charge in [-0.2, -0.15) is 0 Å². The summed E-state index contributed by atoms with van der Waals surface area (Å²) in [6, 6.07) is 19.8. The molecule has 0 amide bonds. The fourth-order valence-electron chi connectivity index (χ4n) is 2.21. The molecule has 0 aliphatic carbocycles. The predicted molar refractivity (Wildman–Crippen MR) is 83.7 cm³/mol. The SMILES string of the molecule is O=C(/C=C/c1ccccc1F)c1ccc2ccccc2c1. The van der Waals surface area contributed by atoms with Gasteiger partial charge >= 0.3 is 0 Å². The summed E-state index contributed by atoms with van der Waals surface area (Å²) in [5.74, 6) is -0.468. The van der Waals surface area contributed by atoms with Crippen molar-refractivity contribution in [2.75, 3.05) is 0 Å². The van der Waals surface area contributed by atoms with Crippen LogP contribution in [0, 0.1) is 5.82 Å². The van der Waals surface area contributed by atoms with E-state index in [4.69, 9.17) is 0 Å². The third-order valence-corrected chi connectivity index (χ3v) is 3.35. The number of carbonyl (C=O) groups excluding carboxylic acids is 1. The molecular weight excluding hydrogens is 263 g/mol. The van der Waals surface area contributed by atoms with Crippen LogP contribution < -0.4 is 0 Å². The van der Waals surface area contributed by atoms with Crippen molar-refractivity contribution in [3.05, 3.63) is 89.8 Å². The molecule has 0 saturated carbocycles. The van der Waals surface area contributed by atoms with Crippen molar-refractivity contribution in [3.8, 4) is 0 Å². The van der Waals surface area contributed by atoms with Crippen LogP contribution >= 0.6 is 0 Å². The summed E-state index contributed by atoms with van der Waals surface area (Å²) in [7, 11) is 0. The molecule has 0 spiro atoms. The van der Waals surface area contributed by atoms with E-state index in [0.717, 1.165) is 10.8 Å². The highest BCUT2D eigenvalue weighted by Gasteiger charge is 2.03. The standard InChI is InChI=1S/C19H13FO/c20-18-8-4-3-6-15(18)11-12-19(21)17-10-9-14-5-1-2-7-16(14)13-17/h1-13H/b12-11+. The summed E-state index contributed by atoms with van der Waals surface area (Å²) in [4.78, 5) is 12.2. The van der Waals surface area contributed by atoms with Crippen LogP contribution in [0.4, 0.5) is 4.39 Å². The molecule has 0 atom stereocenters. The van der Waals surface area contributed by atoms with Crippen LogP contribution in [0.3, 0.4) is 0 Å². The van der Waals surface area contributed by atoms with E-state index in [9.17, 15) is 9.18 Å². The molecule has 21 heavy (non-hydrogen) atoms. The first-order chi connectivity index (χ1) is 10.2. The number of allylic oxidation sites excluding steroid dienone is 1. The summed E-state index contributed by atoms with van der Waals surface area (Å²) < 4.78 is 13.5. The van der Waals surface area contributed by atoms with Gasteiger partial charge in [0.2, 0.25) is 0 Å². The zero-order chi connectivity index (χ0) is 14.7. The molecule has 0 saturated heterocycles. The predicted octanol–water partition coefficient (Wildman–Crippen LogP) is 4.88. The van der Waals surface area contributed by atoms with Crippen LogP contribution in [0.5, 0.6) is 0 Å². The molecule has 0 heterocycles. The second-order valence-electron chi connectivity index (χ2n) is 4.78. The lowest BCUT2D eigenvalue weighted by Crippen LogP contribution is -1.94. The number of fused-ring (bicyclic) bond motifs is 1. The minimum atomic E-state index is -0.333. The summed E-state index contributed by atoms with van der Waals surface area (Å²) in [5, 5.41) is 2.11. The van der Waals surface area contributed by atoms with E-state index >= 15 is 0 Å². The number of hydrogen-bond donors (Lipinski definition) is 0. The van der Waals surface area contributed by atoms with Crippen molar-refractivity contribution in [3.63, 3.8) is 0 Å². The van der Waals surface area contributed by atoms with Gasteiger partial charge in [0.15, 0.2) is 5.78 Å². The first kappa shape index (κ1) is 13.3. The van der Waals surface area contributed by atoms with Gasteiger partial charge in [0, 0.05) is 11.1 Å². The second kappa shape index (κ2) is 5.71. The van der Waals surface area contributed by atoms with Gasteiger partial charge in [-0.05, 0) is 35.1 Å². The molecule has 0 bridgehead atoms. The van der Waals surface area contributed by atoms with Gasteiger partial charge in [0.25, 0.3) is 0 Å². The van der Waals surface area contributed by atoms with Crippen molar-refractivity contribution in [2.45, 2.75) is 0 Å². The van der Waals surface area contributed by atoms with Crippen molar-refractivity contribution in [2.24, 2.45) is 0 Å². The van der Waals surface area contributed by atoms with Gasteiger partial charge in [0.1, 0.15) is 5.82 Å². The van der Waals surface area contributed by atoms with Gasteiger partial charge in [-0.15, -0.1) is 0 Å². The largest absolute Gasteiger partial charge is 0.289 e. The van der Waals surface area contributed by atoms with E-state index in [1.54, 1.807) is 24.3 Å². The molecule has 3 aromatic rings. The lowest BCUT2D eigenvalue weighted by Gasteiger charge is -2.00. The Morgan fingerprint density at radius 1 is 0.857 bits per heavy atom. The van der Waals surface area contributed by atoms with Crippen LogP contribution in [-0.2, 0) is 0 Å². The number of carbonyl (C=O) groups is 1. The van der Waals surface area contributed by atoms with E-state index in [2.05, 4.69) is 0 Å². The Bertz CT molecular complexity index is 834. The fourth-order valence-corrected chi connectivity index (χ4v) is 2.21. The zero-order valence-electron chi connectivity index (χ0n) is 11.3. The molecule has 3 aromatic carbocycles. The summed E-state index contributed by atoms with van der Waals surface area (Å²) in [5.41, 5.74) is 1.01. The van der Waals surface area contributed by atoms with Crippen LogP contribution in [-0.4, -0.2) is 5.78 Å². The van der Waals surface area contributed by atoms with Gasteiger partial charge in [0.05, 0.1) is 0 Å². The lowest BCUT2D eigenvalue weighted by molar-refractivity contribution is 0.104. The zero-order valence-corrected chi connectivity index (χ0v) is 11.3. The molecule has 0 aliphatic rings. The molecule has 102 valence electrons. The second-order valence-corrected chi connectivity index (χ2v) is 4.78. The maximum Gasteiger partial charge on any atom is 0.185 e. The number of benzene rings is 3. The third-order valence-electron chi connectivity index (χ3n) is 3.35. The molecule has 0 N–H and O–H groups in total. The van der Waals surface area contributed by atoms with Gasteiger partial charge in [-0.3, -0.25) is 4.79 Å². The minimum Gasteiger partial charge on any atom is -0.289 e. The van der Waals surface area contributed by atoms with Crippen molar-refractivity contribution in [1.29, 1.82) is 0 Å². The molecule has 0 aromatic heterocycles. The van der Waals surface area contributed by atoms with Crippen molar-refractivity contribution in [1.82, 2.24) is 0 Å². The van der Waals surface area contributed by atoms with Gasteiger partial charge in [-0.1, -0.05) is 54.6 Å². The van der Waals surface area contributed by atoms with E-state index in [1.165, 1.54) is 18.2 Å². The van der Waals surface area contributed by atoms with E-state index in [-0.39, 0.29) is 11.6 Å². The Balaban J connectivity index is 1.89. The normalized spacial score (nSPS) is 11.1. The van der Waals surface area contributed by atoms with Crippen molar-refractivity contribution >= 4 is 22.6 Å². The molecular formula is C19H13FO. The average molecular weight is 276 g/mol. The Labute approximate surface area is 122 Å². The number of hydrogen-bond acceptors (Lipinski definition) is 1. The Hall–Kier alpha value is -2.74. The number of halogens is 1. The highest BCUT2D eigenvalue weighted by Crippen LogP contribution is 2.17. The molecule has 0 unspecified atom stereocenters. The monoisotopic (exact) mass is 276 g/mol. The Morgan fingerprint density at radius 2 is 1.57 bits per heavy atom.